The number of ether oxygens (including phenoxy) is 2. The summed E-state index contributed by atoms with van der Waals surface area (Å²) >= 11 is 0. The molecule has 2 aromatic heterocycles. The molecular formula is C22H24N4O4. The van der Waals surface area contributed by atoms with E-state index in [0.29, 0.717) is 55.9 Å². The highest BCUT2D eigenvalue weighted by Crippen LogP contribution is 2.32. The van der Waals surface area contributed by atoms with Gasteiger partial charge in [-0.1, -0.05) is 11.2 Å². The third-order valence-electron chi connectivity index (χ3n) is 4.93. The number of rotatable bonds is 8. The summed E-state index contributed by atoms with van der Waals surface area (Å²) in [5.74, 6) is 2.38. The first-order valence-corrected chi connectivity index (χ1v) is 10.1. The molecule has 8 heteroatoms. The van der Waals surface area contributed by atoms with Crippen LogP contribution in [0.15, 0.2) is 47.2 Å². The molecule has 0 radical (unpaired) electrons. The molecule has 1 atom stereocenters. The van der Waals surface area contributed by atoms with Crippen molar-refractivity contribution >= 4 is 5.91 Å². The molecule has 3 heterocycles. The predicted molar refractivity (Wildman–Crippen MR) is 109 cm³/mol. The Morgan fingerprint density at radius 2 is 1.87 bits per heavy atom. The monoisotopic (exact) mass is 408 g/mol. The van der Waals surface area contributed by atoms with Crippen LogP contribution in [0.4, 0.5) is 0 Å². The van der Waals surface area contributed by atoms with Crippen molar-refractivity contribution in [2.75, 3.05) is 19.8 Å². The van der Waals surface area contributed by atoms with Gasteiger partial charge in [0.15, 0.2) is 17.3 Å². The first-order chi connectivity index (χ1) is 14.7. The quantitative estimate of drug-likeness (QED) is 0.564. The van der Waals surface area contributed by atoms with E-state index in [2.05, 4.69) is 15.1 Å². The predicted octanol–water partition coefficient (Wildman–Crippen LogP) is 3.45. The van der Waals surface area contributed by atoms with Gasteiger partial charge in [0.25, 0.3) is 5.89 Å². The van der Waals surface area contributed by atoms with Crippen molar-refractivity contribution < 1.29 is 18.8 Å². The Balaban J connectivity index is 1.45. The maximum absolute atomic E-state index is 12.6. The van der Waals surface area contributed by atoms with E-state index in [1.54, 1.807) is 12.4 Å². The minimum absolute atomic E-state index is 0.0714. The van der Waals surface area contributed by atoms with Crippen LogP contribution in [0, 0.1) is 0 Å². The Hall–Kier alpha value is -3.42. The first-order valence-electron chi connectivity index (χ1n) is 10.1. The fourth-order valence-electron chi connectivity index (χ4n) is 3.52. The highest BCUT2D eigenvalue weighted by atomic mass is 16.5. The number of hydrogen-bond acceptors (Lipinski definition) is 7. The van der Waals surface area contributed by atoms with E-state index in [9.17, 15) is 4.79 Å². The number of carbonyl (C=O) groups is 1. The highest BCUT2D eigenvalue weighted by molar-refractivity contribution is 5.79. The minimum Gasteiger partial charge on any atom is -0.490 e. The van der Waals surface area contributed by atoms with Crippen LogP contribution >= 0.6 is 0 Å². The van der Waals surface area contributed by atoms with Gasteiger partial charge in [-0.15, -0.1) is 0 Å². The van der Waals surface area contributed by atoms with Crippen LogP contribution in [0.2, 0.25) is 0 Å². The number of amides is 1. The minimum atomic E-state index is -0.0918. The average molecular weight is 408 g/mol. The maximum atomic E-state index is 12.6. The number of hydrogen-bond donors (Lipinski definition) is 0. The maximum Gasteiger partial charge on any atom is 0.258 e. The summed E-state index contributed by atoms with van der Waals surface area (Å²) in [4.78, 5) is 22.9. The van der Waals surface area contributed by atoms with Crippen LogP contribution in [-0.2, 0) is 11.3 Å². The van der Waals surface area contributed by atoms with Crippen molar-refractivity contribution in [3.05, 3.63) is 54.1 Å². The zero-order valence-electron chi connectivity index (χ0n) is 17.1. The highest BCUT2D eigenvalue weighted by Gasteiger charge is 2.34. The lowest BCUT2D eigenvalue weighted by Gasteiger charge is -2.18. The van der Waals surface area contributed by atoms with Crippen molar-refractivity contribution in [1.82, 2.24) is 20.0 Å². The van der Waals surface area contributed by atoms with Crippen LogP contribution in [0.3, 0.4) is 0 Å². The second kappa shape index (κ2) is 8.94. The lowest BCUT2D eigenvalue weighted by molar-refractivity contribution is -0.128. The number of pyridine rings is 1. The lowest BCUT2D eigenvalue weighted by atomic mass is 10.1. The molecule has 1 saturated heterocycles. The van der Waals surface area contributed by atoms with E-state index in [1.807, 2.05) is 49.1 Å². The second-order valence-electron chi connectivity index (χ2n) is 7.02. The summed E-state index contributed by atoms with van der Waals surface area (Å²) in [6.07, 6.45) is 3.71. The molecule has 3 aromatic rings. The van der Waals surface area contributed by atoms with Gasteiger partial charge in [-0.3, -0.25) is 9.78 Å². The SMILES string of the molecule is CCOc1ccc(CN2CC(c3noc(-c4ccncc4)n3)CC2=O)cc1OCC. The molecule has 1 aliphatic heterocycles. The van der Waals surface area contributed by atoms with Gasteiger partial charge >= 0.3 is 0 Å². The van der Waals surface area contributed by atoms with Gasteiger partial charge in [-0.25, -0.2) is 0 Å². The number of likely N-dealkylation sites (tertiary alicyclic amines) is 1. The Morgan fingerprint density at radius 1 is 1.10 bits per heavy atom. The van der Waals surface area contributed by atoms with Crippen LogP contribution in [0.1, 0.15) is 37.6 Å². The van der Waals surface area contributed by atoms with Gasteiger partial charge < -0.3 is 18.9 Å². The van der Waals surface area contributed by atoms with Crippen LogP contribution in [0.5, 0.6) is 11.5 Å². The number of benzene rings is 1. The molecule has 30 heavy (non-hydrogen) atoms. The smallest absolute Gasteiger partial charge is 0.258 e. The van der Waals surface area contributed by atoms with E-state index in [4.69, 9.17) is 14.0 Å². The topological polar surface area (TPSA) is 90.6 Å². The third kappa shape index (κ3) is 4.27. The molecule has 1 fully saturated rings. The average Bonchev–Trinajstić information content (AvgIpc) is 3.38. The van der Waals surface area contributed by atoms with Crippen LogP contribution < -0.4 is 9.47 Å². The third-order valence-corrected chi connectivity index (χ3v) is 4.93. The molecule has 0 bridgehead atoms. The summed E-state index contributed by atoms with van der Waals surface area (Å²) < 4.78 is 16.7. The second-order valence-corrected chi connectivity index (χ2v) is 7.02. The molecule has 1 unspecified atom stereocenters. The van der Waals surface area contributed by atoms with E-state index < -0.39 is 0 Å². The number of aromatic nitrogens is 3. The number of nitrogens with zero attached hydrogens (tertiary/aromatic N) is 4. The molecule has 156 valence electrons. The molecule has 1 aromatic carbocycles. The zero-order valence-corrected chi connectivity index (χ0v) is 17.1. The summed E-state index contributed by atoms with van der Waals surface area (Å²) in [5.41, 5.74) is 1.80. The summed E-state index contributed by atoms with van der Waals surface area (Å²) in [7, 11) is 0. The molecule has 0 N–H and O–H groups in total. The Kier molecular flexibility index (Phi) is 5.92. The van der Waals surface area contributed by atoms with Crippen molar-refractivity contribution in [2.24, 2.45) is 0 Å². The molecule has 1 aliphatic rings. The molecule has 0 spiro atoms. The van der Waals surface area contributed by atoms with Crippen molar-refractivity contribution in [3.8, 4) is 23.0 Å². The molecule has 0 aliphatic carbocycles. The fourth-order valence-corrected chi connectivity index (χ4v) is 3.52. The zero-order chi connectivity index (χ0) is 20.9. The lowest BCUT2D eigenvalue weighted by Crippen LogP contribution is -2.24. The summed E-state index contributed by atoms with van der Waals surface area (Å²) in [6.45, 7) is 6.03. The standard InChI is InChI=1S/C22H24N4O4/c1-3-28-18-6-5-15(11-19(18)29-4-2)13-26-14-17(12-20(26)27)21-24-22(30-25-21)16-7-9-23-10-8-16/h5-11,17H,3-4,12-14H2,1-2H3. The Bertz CT molecular complexity index is 1010. The van der Waals surface area contributed by atoms with Crippen molar-refractivity contribution in [3.63, 3.8) is 0 Å². The van der Waals surface area contributed by atoms with Crippen molar-refractivity contribution in [2.45, 2.75) is 32.7 Å². The van der Waals surface area contributed by atoms with Gasteiger partial charge in [0.1, 0.15) is 0 Å². The summed E-state index contributed by atoms with van der Waals surface area (Å²) in [5, 5.41) is 4.10. The van der Waals surface area contributed by atoms with E-state index in [0.717, 1.165) is 11.1 Å². The van der Waals surface area contributed by atoms with Crippen molar-refractivity contribution in [1.29, 1.82) is 0 Å². The van der Waals surface area contributed by atoms with E-state index >= 15 is 0 Å². The van der Waals surface area contributed by atoms with E-state index in [1.165, 1.54) is 0 Å². The molecule has 8 nitrogen and oxygen atoms in total. The largest absolute Gasteiger partial charge is 0.490 e. The van der Waals surface area contributed by atoms with Gasteiger partial charge in [-0.05, 0) is 43.7 Å². The Morgan fingerprint density at radius 3 is 2.63 bits per heavy atom. The van der Waals surface area contributed by atoms with Crippen LogP contribution in [0.25, 0.3) is 11.5 Å². The van der Waals surface area contributed by atoms with Crippen LogP contribution in [-0.4, -0.2) is 45.7 Å². The molecule has 1 amide bonds. The Labute approximate surface area is 174 Å². The summed E-state index contributed by atoms with van der Waals surface area (Å²) in [6, 6.07) is 9.41. The fraction of sp³-hybridized carbons (Fsp3) is 0.364. The van der Waals surface area contributed by atoms with Gasteiger partial charge in [0.2, 0.25) is 5.91 Å². The van der Waals surface area contributed by atoms with E-state index in [-0.39, 0.29) is 11.8 Å². The first kappa shape index (κ1) is 19.9. The number of carbonyl (C=O) groups excluding carboxylic acids is 1. The van der Waals surface area contributed by atoms with Gasteiger partial charge in [0, 0.05) is 43.4 Å². The molecule has 4 rings (SSSR count). The molecule has 0 saturated carbocycles. The molecular weight excluding hydrogens is 384 g/mol. The van der Waals surface area contributed by atoms with Gasteiger partial charge in [-0.2, -0.15) is 4.98 Å². The van der Waals surface area contributed by atoms with Gasteiger partial charge in [0.05, 0.1) is 13.2 Å². The normalized spacial score (nSPS) is 16.1.